The average Bonchev–Trinajstić information content (AvgIpc) is 2.45. The molecular formula is C17H15Cl2F2. The van der Waals surface area contributed by atoms with Gasteiger partial charge in [-0.15, -0.1) is 0 Å². The maximum absolute atomic E-state index is 14.1. The van der Waals surface area contributed by atoms with Gasteiger partial charge in [0, 0.05) is 11.5 Å². The van der Waals surface area contributed by atoms with Crippen molar-refractivity contribution in [2.45, 2.75) is 25.2 Å². The van der Waals surface area contributed by atoms with Gasteiger partial charge in [-0.1, -0.05) is 61.2 Å². The van der Waals surface area contributed by atoms with E-state index in [0.29, 0.717) is 28.5 Å². The zero-order valence-corrected chi connectivity index (χ0v) is 12.9. The highest BCUT2D eigenvalue weighted by Crippen LogP contribution is 2.39. The highest BCUT2D eigenvalue weighted by Gasteiger charge is 2.24. The predicted molar refractivity (Wildman–Crippen MR) is 83.9 cm³/mol. The van der Waals surface area contributed by atoms with Gasteiger partial charge in [-0.25, -0.2) is 8.78 Å². The van der Waals surface area contributed by atoms with Gasteiger partial charge in [0.05, 0.1) is 10.0 Å². The molecule has 0 aromatic heterocycles. The van der Waals surface area contributed by atoms with Crippen molar-refractivity contribution in [3.63, 3.8) is 0 Å². The normalized spacial score (nSPS) is 12.4. The minimum absolute atomic E-state index is 0.0371. The van der Waals surface area contributed by atoms with Gasteiger partial charge in [-0.05, 0) is 30.2 Å². The number of unbranched alkanes of at least 4 members (excludes halogenated alkanes) is 1. The van der Waals surface area contributed by atoms with Crippen molar-refractivity contribution in [3.05, 3.63) is 76.1 Å². The molecule has 1 radical (unpaired) electrons. The highest BCUT2D eigenvalue weighted by atomic mass is 35.5. The Labute approximate surface area is 133 Å². The Hall–Kier alpha value is -1.12. The van der Waals surface area contributed by atoms with Gasteiger partial charge in [0.2, 0.25) is 0 Å². The lowest BCUT2D eigenvalue weighted by atomic mass is 9.86. The summed E-state index contributed by atoms with van der Waals surface area (Å²) in [7, 11) is 0. The number of hydrogen-bond acceptors (Lipinski definition) is 0. The van der Waals surface area contributed by atoms with E-state index in [1.54, 1.807) is 18.2 Å². The first kappa shape index (κ1) is 16.3. The van der Waals surface area contributed by atoms with E-state index in [2.05, 4.69) is 6.92 Å². The lowest BCUT2D eigenvalue weighted by Gasteiger charge is -2.20. The van der Waals surface area contributed by atoms with Gasteiger partial charge in [-0.2, -0.15) is 0 Å². The Morgan fingerprint density at radius 2 is 1.62 bits per heavy atom. The summed E-state index contributed by atoms with van der Waals surface area (Å²) in [5, 5.41) is 0.724. The van der Waals surface area contributed by atoms with Gasteiger partial charge < -0.3 is 0 Å². The first-order chi connectivity index (χ1) is 10.1. The molecule has 0 nitrogen and oxygen atoms in total. The van der Waals surface area contributed by atoms with Crippen molar-refractivity contribution in [2.24, 2.45) is 0 Å². The van der Waals surface area contributed by atoms with Crippen LogP contribution in [0.1, 0.15) is 36.3 Å². The summed E-state index contributed by atoms with van der Waals surface area (Å²) in [5.41, 5.74) is 0.678. The monoisotopic (exact) mass is 327 g/mol. The van der Waals surface area contributed by atoms with Crippen LogP contribution in [0.5, 0.6) is 0 Å². The maximum atomic E-state index is 14.1. The summed E-state index contributed by atoms with van der Waals surface area (Å²) in [5.74, 6) is -1.61. The minimum Gasteiger partial charge on any atom is -0.207 e. The quantitative estimate of drug-likeness (QED) is 0.595. The van der Waals surface area contributed by atoms with Crippen LogP contribution < -0.4 is 0 Å². The molecule has 111 valence electrons. The van der Waals surface area contributed by atoms with Crippen molar-refractivity contribution < 1.29 is 8.78 Å². The van der Waals surface area contributed by atoms with Crippen LogP contribution in [0.3, 0.4) is 0 Å². The van der Waals surface area contributed by atoms with E-state index in [9.17, 15) is 8.78 Å². The fourth-order valence-corrected chi connectivity index (χ4v) is 2.88. The summed E-state index contributed by atoms with van der Waals surface area (Å²) in [6, 6.07) is 9.02. The van der Waals surface area contributed by atoms with Gasteiger partial charge >= 0.3 is 0 Å². The molecule has 2 rings (SSSR count). The first-order valence-electron chi connectivity index (χ1n) is 6.73. The van der Waals surface area contributed by atoms with E-state index in [-0.39, 0.29) is 5.56 Å². The molecule has 0 aliphatic heterocycles. The van der Waals surface area contributed by atoms with Crippen LogP contribution in [-0.2, 0) is 0 Å². The third-order valence-corrected chi connectivity index (χ3v) is 4.28. The topological polar surface area (TPSA) is 0 Å². The minimum atomic E-state index is -0.569. The molecule has 0 aliphatic carbocycles. The summed E-state index contributed by atoms with van der Waals surface area (Å²) in [6.45, 7) is 3.78. The Morgan fingerprint density at radius 3 is 2.24 bits per heavy atom. The molecular weight excluding hydrogens is 313 g/mol. The van der Waals surface area contributed by atoms with Crippen molar-refractivity contribution in [1.29, 1.82) is 0 Å². The Morgan fingerprint density at radius 1 is 1.00 bits per heavy atom. The van der Waals surface area contributed by atoms with Crippen molar-refractivity contribution in [2.75, 3.05) is 0 Å². The smallest absolute Gasteiger partial charge is 0.129 e. The van der Waals surface area contributed by atoms with E-state index < -0.39 is 17.6 Å². The fourth-order valence-electron chi connectivity index (χ4n) is 2.44. The average molecular weight is 328 g/mol. The van der Waals surface area contributed by atoms with Crippen LogP contribution in [0, 0.1) is 18.6 Å². The van der Waals surface area contributed by atoms with Crippen LogP contribution in [0.15, 0.2) is 36.4 Å². The molecule has 0 N–H and O–H groups in total. The molecule has 4 heteroatoms. The summed E-state index contributed by atoms with van der Waals surface area (Å²) in [6.07, 6.45) is 1.98. The van der Waals surface area contributed by atoms with Crippen LogP contribution in [0.2, 0.25) is 10.0 Å². The molecule has 0 fully saturated rings. The predicted octanol–water partition coefficient (Wildman–Crippen LogP) is 6.41. The third kappa shape index (κ3) is 3.56. The van der Waals surface area contributed by atoms with Gasteiger partial charge in [0.1, 0.15) is 11.6 Å². The molecule has 1 unspecified atom stereocenters. The lowest BCUT2D eigenvalue weighted by molar-refractivity contribution is 0.525. The van der Waals surface area contributed by atoms with Crippen molar-refractivity contribution >= 4 is 23.2 Å². The zero-order valence-electron chi connectivity index (χ0n) is 11.4. The number of halogens is 4. The van der Waals surface area contributed by atoms with Crippen molar-refractivity contribution in [1.82, 2.24) is 0 Å². The maximum Gasteiger partial charge on any atom is 0.129 e. The first-order valence-corrected chi connectivity index (χ1v) is 7.49. The van der Waals surface area contributed by atoms with Gasteiger partial charge in [-0.3, -0.25) is 0 Å². The molecule has 1 atom stereocenters. The number of benzene rings is 2. The molecule has 0 spiro atoms. The number of hydrogen-bond donors (Lipinski definition) is 0. The largest absolute Gasteiger partial charge is 0.207 e. The second-order valence-corrected chi connectivity index (χ2v) is 5.61. The second-order valence-electron chi connectivity index (χ2n) is 4.83. The summed E-state index contributed by atoms with van der Waals surface area (Å²) < 4.78 is 28.2. The molecule has 2 aromatic carbocycles. The molecule has 2 aromatic rings. The molecule has 0 saturated carbocycles. The third-order valence-electron chi connectivity index (χ3n) is 3.45. The zero-order chi connectivity index (χ0) is 15.4. The van der Waals surface area contributed by atoms with Gasteiger partial charge in [0.25, 0.3) is 0 Å². The van der Waals surface area contributed by atoms with E-state index in [1.165, 1.54) is 18.2 Å². The molecule has 0 bridgehead atoms. The van der Waals surface area contributed by atoms with Crippen LogP contribution in [0.25, 0.3) is 0 Å². The number of rotatable bonds is 5. The lowest BCUT2D eigenvalue weighted by Crippen LogP contribution is -2.08. The molecule has 21 heavy (non-hydrogen) atoms. The summed E-state index contributed by atoms with van der Waals surface area (Å²) >= 11 is 12.3. The molecule has 0 heterocycles. The standard InChI is InChI=1S/C17H15Cl2F2/c1-2-3-6-11(12-7-4-8-13(18)17(12)19)16-14(20)9-5-10-15(16)21/h4-5,7-11H,1-3,6H2. The van der Waals surface area contributed by atoms with Crippen LogP contribution >= 0.6 is 23.2 Å². The second kappa shape index (κ2) is 7.24. The van der Waals surface area contributed by atoms with E-state index >= 15 is 0 Å². The Balaban J connectivity index is 2.55. The molecule has 0 aliphatic rings. The van der Waals surface area contributed by atoms with E-state index in [1.807, 2.05) is 0 Å². The fraction of sp³-hybridized carbons (Fsp3) is 0.235. The highest BCUT2D eigenvalue weighted by molar-refractivity contribution is 6.42. The van der Waals surface area contributed by atoms with Crippen LogP contribution in [-0.4, -0.2) is 0 Å². The van der Waals surface area contributed by atoms with Gasteiger partial charge in [0.15, 0.2) is 0 Å². The van der Waals surface area contributed by atoms with E-state index in [0.717, 1.165) is 6.42 Å². The van der Waals surface area contributed by atoms with Crippen molar-refractivity contribution in [3.8, 4) is 0 Å². The summed E-state index contributed by atoms with van der Waals surface area (Å²) in [4.78, 5) is 0. The Kier molecular flexibility index (Phi) is 5.60. The van der Waals surface area contributed by atoms with E-state index in [4.69, 9.17) is 23.2 Å². The molecule has 0 saturated heterocycles. The SMILES string of the molecule is [CH2]CCCC(c1cccc(Cl)c1Cl)c1c(F)cccc1F. The van der Waals surface area contributed by atoms with Crippen LogP contribution in [0.4, 0.5) is 8.78 Å². The molecule has 0 amide bonds. The Bertz CT molecular complexity index is 606.